The molecule has 2 nitrogen and oxygen atoms in total. The Bertz CT molecular complexity index is 997. The summed E-state index contributed by atoms with van der Waals surface area (Å²) in [5.74, 6) is 0.388. The summed E-state index contributed by atoms with van der Waals surface area (Å²) in [4.78, 5) is 6.01. The Kier molecular flexibility index (Phi) is 4.46. The molecule has 0 spiro atoms. The Balaban J connectivity index is 1.77. The van der Waals surface area contributed by atoms with Crippen molar-refractivity contribution in [2.45, 2.75) is 25.2 Å². The molecule has 1 aliphatic rings. The fourth-order valence-corrected chi connectivity index (χ4v) is 5.06. The lowest BCUT2D eigenvalue weighted by molar-refractivity contribution is 0.415. The Morgan fingerprint density at radius 1 is 1.12 bits per heavy atom. The molecule has 0 saturated heterocycles. The van der Waals surface area contributed by atoms with E-state index in [1.807, 2.05) is 19.1 Å². The number of methoxy groups -OCH3 is 1. The third kappa shape index (κ3) is 2.90. The van der Waals surface area contributed by atoms with Crippen molar-refractivity contribution in [1.29, 1.82) is 0 Å². The Morgan fingerprint density at radius 2 is 1.88 bits per heavy atom. The van der Waals surface area contributed by atoms with Gasteiger partial charge in [0.05, 0.1) is 17.8 Å². The number of hydrogen-bond donors (Lipinski definition) is 0. The van der Waals surface area contributed by atoms with Crippen LogP contribution in [0.4, 0.5) is 4.39 Å². The molecule has 26 heavy (non-hydrogen) atoms. The topological polar surface area (TPSA) is 22.1 Å². The van der Waals surface area contributed by atoms with Crippen molar-refractivity contribution in [3.05, 3.63) is 67.7 Å². The molecule has 4 rings (SSSR count). The van der Waals surface area contributed by atoms with Crippen molar-refractivity contribution in [2.24, 2.45) is 0 Å². The van der Waals surface area contributed by atoms with Crippen LogP contribution in [0.3, 0.4) is 0 Å². The van der Waals surface area contributed by atoms with Gasteiger partial charge in [-0.3, -0.25) is 0 Å². The van der Waals surface area contributed by atoms with Gasteiger partial charge in [0.1, 0.15) is 16.6 Å². The maximum absolute atomic E-state index is 13.4. The quantitative estimate of drug-likeness (QED) is 0.482. The molecule has 0 radical (unpaired) electrons. The summed E-state index contributed by atoms with van der Waals surface area (Å²) in [5.41, 5.74) is 2.49. The average molecular weight is 408 g/mol. The Labute approximate surface area is 165 Å². The second-order valence-electron chi connectivity index (χ2n) is 6.48. The van der Waals surface area contributed by atoms with E-state index in [0.29, 0.717) is 15.8 Å². The van der Waals surface area contributed by atoms with E-state index < -0.39 is 0 Å². The molecule has 1 fully saturated rings. The summed E-state index contributed by atoms with van der Waals surface area (Å²) in [6.45, 7) is 2.04. The molecule has 0 N–H and O–H groups in total. The minimum absolute atomic E-state index is 0.211. The minimum atomic E-state index is -0.324. The highest BCUT2D eigenvalue weighted by Gasteiger charge is 2.50. The van der Waals surface area contributed by atoms with Crippen LogP contribution in [0.15, 0.2) is 36.4 Å². The van der Waals surface area contributed by atoms with Crippen LogP contribution in [0, 0.1) is 12.7 Å². The highest BCUT2D eigenvalue weighted by molar-refractivity contribution is 7.12. The SMILES string of the molecule is COc1ccc(-c2nc(C3(c4ccc(F)cc4Cl)CC3)sc2C)c(Cl)c1. The van der Waals surface area contributed by atoms with Gasteiger partial charge in [0.2, 0.25) is 0 Å². The van der Waals surface area contributed by atoms with E-state index in [1.54, 1.807) is 30.6 Å². The first-order valence-corrected chi connectivity index (χ1v) is 9.79. The van der Waals surface area contributed by atoms with Gasteiger partial charge >= 0.3 is 0 Å². The number of halogens is 3. The molecule has 6 heteroatoms. The lowest BCUT2D eigenvalue weighted by Crippen LogP contribution is -2.09. The Hall–Kier alpha value is -1.62. The van der Waals surface area contributed by atoms with Crippen LogP contribution in [-0.2, 0) is 5.41 Å². The summed E-state index contributed by atoms with van der Waals surface area (Å²) >= 11 is 14.4. The number of aryl methyl sites for hydroxylation is 1. The summed E-state index contributed by atoms with van der Waals surface area (Å²) in [6, 6.07) is 10.2. The molecular formula is C20H16Cl2FNOS. The predicted molar refractivity (Wildman–Crippen MR) is 105 cm³/mol. The number of hydrogen-bond acceptors (Lipinski definition) is 3. The van der Waals surface area contributed by atoms with E-state index in [9.17, 15) is 4.39 Å². The van der Waals surface area contributed by atoms with Crippen LogP contribution in [-0.4, -0.2) is 12.1 Å². The van der Waals surface area contributed by atoms with Crippen LogP contribution in [0.2, 0.25) is 10.0 Å². The maximum atomic E-state index is 13.4. The third-order valence-electron chi connectivity index (χ3n) is 4.83. The second kappa shape index (κ2) is 6.52. The molecular weight excluding hydrogens is 392 g/mol. The molecule has 0 bridgehead atoms. The van der Waals surface area contributed by atoms with E-state index in [4.69, 9.17) is 32.9 Å². The first-order chi connectivity index (χ1) is 12.4. The number of ether oxygens (including phenoxy) is 1. The molecule has 0 aliphatic heterocycles. The van der Waals surface area contributed by atoms with Gasteiger partial charge in [-0.1, -0.05) is 29.3 Å². The van der Waals surface area contributed by atoms with Gasteiger partial charge in [-0.15, -0.1) is 11.3 Å². The standard InChI is InChI=1S/C20H16Cl2FNOS/c1-11-18(14-5-4-13(25-2)10-16(14)21)24-19(26-11)20(7-8-20)15-6-3-12(23)9-17(15)22/h3-6,9-10H,7-8H2,1-2H3. The Morgan fingerprint density at radius 3 is 2.50 bits per heavy atom. The monoisotopic (exact) mass is 407 g/mol. The second-order valence-corrected chi connectivity index (χ2v) is 8.49. The largest absolute Gasteiger partial charge is 0.497 e. The van der Waals surface area contributed by atoms with Crippen molar-refractivity contribution < 1.29 is 9.13 Å². The van der Waals surface area contributed by atoms with E-state index in [1.165, 1.54) is 12.1 Å². The smallest absolute Gasteiger partial charge is 0.124 e. The molecule has 1 saturated carbocycles. The summed E-state index contributed by atoms with van der Waals surface area (Å²) in [7, 11) is 1.61. The molecule has 3 aromatic rings. The first-order valence-electron chi connectivity index (χ1n) is 8.22. The lowest BCUT2D eigenvalue weighted by Gasteiger charge is -2.14. The number of aromatic nitrogens is 1. The molecule has 1 heterocycles. The number of nitrogens with zero attached hydrogens (tertiary/aromatic N) is 1. The molecule has 0 unspecified atom stereocenters. The zero-order valence-electron chi connectivity index (χ0n) is 14.3. The zero-order valence-corrected chi connectivity index (χ0v) is 16.6. The van der Waals surface area contributed by atoms with Crippen molar-refractivity contribution in [1.82, 2.24) is 4.98 Å². The maximum Gasteiger partial charge on any atom is 0.124 e. The van der Waals surface area contributed by atoms with Crippen molar-refractivity contribution in [2.75, 3.05) is 7.11 Å². The summed E-state index contributed by atoms with van der Waals surface area (Å²) < 4.78 is 18.7. The number of thiazole rings is 1. The first kappa shape index (κ1) is 17.8. The number of benzene rings is 2. The van der Waals surface area contributed by atoms with Crippen LogP contribution < -0.4 is 4.74 Å². The van der Waals surface area contributed by atoms with Crippen molar-refractivity contribution in [3.8, 4) is 17.0 Å². The van der Waals surface area contributed by atoms with Gasteiger partial charge in [0.15, 0.2) is 0 Å². The van der Waals surface area contributed by atoms with Crippen LogP contribution in [0.25, 0.3) is 11.3 Å². The van der Waals surface area contributed by atoms with Crippen molar-refractivity contribution in [3.63, 3.8) is 0 Å². The zero-order chi connectivity index (χ0) is 18.5. The molecule has 1 aromatic heterocycles. The minimum Gasteiger partial charge on any atom is -0.497 e. The van der Waals surface area contributed by atoms with Crippen molar-refractivity contribution >= 4 is 34.5 Å². The van der Waals surface area contributed by atoms with Gasteiger partial charge in [-0.05, 0) is 55.7 Å². The molecule has 134 valence electrons. The highest BCUT2D eigenvalue weighted by atomic mass is 35.5. The van der Waals surface area contributed by atoms with Gasteiger partial charge in [-0.25, -0.2) is 9.37 Å². The fraction of sp³-hybridized carbons (Fsp3) is 0.250. The average Bonchev–Trinajstić information content (AvgIpc) is 3.31. The highest BCUT2D eigenvalue weighted by Crippen LogP contribution is 2.57. The van der Waals surface area contributed by atoms with E-state index >= 15 is 0 Å². The fourth-order valence-electron chi connectivity index (χ4n) is 3.27. The molecule has 2 aromatic carbocycles. The third-order valence-corrected chi connectivity index (χ3v) is 6.63. The van der Waals surface area contributed by atoms with E-state index in [-0.39, 0.29) is 11.2 Å². The predicted octanol–water partition coefficient (Wildman–Crippen LogP) is 6.65. The van der Waals surface area contributed by atoms with Gasteiger partial charge in [0, 0.05) is 20.9 Å². The normalized spacial score (nSPS) is 15.1. The lowest BCUT2D eigenvalue weighted by atomic mass is 9.96. The van der Waals surface area contributed by atoms with Gasteiger partial charge < -0.3 is 4.74 Å². The van der Waals surface area contributed by atoms with E-state index in [0.717, 1.165) is 39.5 Å². The van der Waals surface area contributed by atoms with E-state index in [2.05, 4.69) is 0 Å². The molecule has 0 amide bonds. The number of rotatable bonds is 4. The summed E-state index contributed by atoms with van der Waals surface area (Å²) in [5, 5.41) is 2.07. The molecule has 1 aliphatic carbocycles. The van der Waals surface area contributed by atoms with Crippen LogP contribution in [0.1, 0.15) is 28.3 Å². The van der Waals surface area contributed by atoms with Crippen LogP contribution in [0.5, 0.6) is 5.75 Å². The van der Waals surface area contributed by atoms with Gasteiger partial charge in [0.25, 0.3) is 0 Å². The van der Waals surface area contributed by atoms with Crippen LogP contribution >= 0.6 is 34.5 Å². The molecule has 0 atom stereocenters. The van der Waals surface area contributed by atoms with Gasteiger partial charge in [-0.2, -0.15) is 0 Å². The summed E-state index contributed by atoms with van der Waals surface area (Å²) in [6.07, 6.45) is 1.92.